The fourth-order valence-electron chi connectivity index (χ4n) is 3.34. The number of carbonyl (C=O) groups excluding carboxylic acids is 2. The van der Waals surface area contributed by atoms with Gasteiger partial charge in [0.15, 0.2) is 0 Å². The van der Waals surface area contributed by atoms with E-state index in [1.807, 2.05) is 6.92 Å². The molecule has 2 heterocycles. The summed E-state index contributed by atoms with van der Waals surface area (Å²) in [6.45, 7) is 11.2. The SMILES string of the molecule is CCCN(CCC)c1nc(C)cc(C(=O)NC2CCN(C(=O)OCC)CC2)n1. The first-order valence-corrected chi connectivity index (χ1v) is 10.3. The first-order chi connectivity index (χ1) is 13.5. The zero-order valence-corrected chi connectivity index (χ0v) is 17.5. The van der Waals surface area contributed by atoms with Gasteiger partial charge in [-0.05, 0) is 45.6 Å². The summed E-state index contributed by atoms with van der Waals surface area (Å²) >= 11 is 0. The molecule has 1 aromatic rings. The predicted octanol–water partition coefficient (Wildman–Crippen LogP) is 2.76. The van der Waals surface area contributed by atoms with E-state index in [1.165, 1.54) is 0 Å². The van der Waals surface area contributed by atoms with Crippen molar-refractivity contribution in [2.24, 2.45) is 0 Å². The quantitative estimate of drug-likeness (QED) is 0.733. The fraction of sp³-hybridized carbons (Fsp3) is 0.700. The predicted molar refractivity (Wildman–Crippen MR) is 109 cm³/mol. The number of hydrogen-bond acceptors (Lipinski definition) is 6. The lowest BCUT2D eigenvalue weighted by atomic mass is 10.1. The Morgan fingerprint density at radius 3 is 2.39 bits per heavy atom. The highest BCUT2D eigenvalue weighted by atomic mass is 16.6. The molecule has 8 nitrogen and oxygen atoms in total. The average molecular weight is 392 g/mol. The first kappa shape index (κ1) is 21.9. The highest BCUT2D eigenvalue weighted by molar-refractivity contribution is 5.92. The van der Waals surface area contributed by atoms with Crippen LogP contribution in [0.3, 0.4) is 0 Å². The minimum Gasteiger partial charge on any atom is -0.450 e. The average Bonchev–Trinajstić information content (AvgIpc) is 2.68. The molecule has 0 saturated carbocycles. The van der Waals surface area contributed by atoms with Crippen molar-refractivity contribution < 1.29 is 14.3 Å². The summed E-state index contributed by atoms with van der Waals surface area (Å²) in [7, 11) is 0. The molecule has 1 aliphatic heterocycles. The maximum atomic E-state index is 12.7. The number of nitrogens with one attached hydrogen (secondary N) is 1. The molecular weight excluding hydrogens is 358 g/mol. The molecule has 0 bridgehead atoms. The van der Waals surface area contributed by atoms with Crippen molar-refractivity contribution in [1.29, 1.82) is 0 Å². The number of anilines is 1. The van der Waals surface area contributed by atoms with Gasteiger partial charge in [0.05, 0.1) is 6.61 Å². The van der Waals surface area contributed by atoms with Gasteiger partial charge < -0.3 is 19.9 Å². The Balaban J connectivity index is 2.00. The molecule has 1 saturated heterocycles. The number of piperidine rings is 1. The molecule has 0 aliphatic carbocycles. The van der Waals surface area contributed by atoms with E-state index in [4.69, 9.17) is 4.74 Å². The Morgan fingerprint density at radius 1 is 1.18 bits per heavy atom. The van der Waals surface area contributed by atoms with E-state index in [9.17, 15) is 9.59 Å². The van der Waals surface area contributed by atoms with Gasteiger partial charge >= 0.3 is 6.09 Å². The van der Waals surface area contributed by atoms with Gasteiger partial charge in [0.25, 0.3) is 5.91 Å². The Bertz CT molecular complexity index is 653. The number of likely N-dealkylation sites (tertiary alicyclic amines) is 1. The number of hydrogen-bond donors (Lipinski definition) is 1. The van der Waals surface area contributed by atoms with Crippen molar-refractivity contribution in [3.8, 4) is 0 Å². The standard InChI is InChI=1S/C20H33N5O3/c1-5-10-24(11-6-2)19-21-15(4)14-17(23-19)18(26)22-16-8-12-25(13-9-16)20(27)28-7-3/h14,16H,5-13H2,1-4H3,(H,22,26). The van der Waals surface area contributed by atoms with Crippen molar-refractivity contribution in [1.82, 2.24) is 20.2 Å². The summed E-state index contributed by atoms with van der Waals surface area (Å²) in [5.41, 5.74) is 1.18. The lowest BCUT2D eigenvalue weighted by Gasteiger charge is -2.31. The molecule has 0 atom stereocenters. The number of aryl methyl sites for hydroxylation is 1. The Kier molecular flexibility index (Phi) is 8.47. The van der Waals surface area contributed by atoms with Gasteiger partial charge in [0.2, 0.25) is 5.95 Å². The summed E-state index contributed by atoms with van der Waals surface area (Å²) in [4.78, 5) is 37.4. The fourth-order valence-corrected chi connectivity index (χ4v) is 3.34. The van der Waals surface area contributed by atoms with Gasteiger partial charge in [0.1, 0.15) is 5.69 Å². The van der Waals surface area contributed by atoms with Crippen LogP contribution in [0.2, 0.25) is 0 Å². The number of nitrogens with zero attached hydrogens (tertiary/aromatic N) is 4. The molecule has 0 aromatic carbocycles. The van der Waals surface area contributed by atoms with Gasteiger partial charge in [0, 0.05) is 37.9 Å². The zero-order valence-electron chi connectivity index (χ0n) is 17.5. The van der Waals surface area contributed by atoms with E-state index in [2.05, 4.69) is 34.0 Å². The maximum Gasteiger partial charge on any atom is 0.409 e. The topological polar surface area (TPSA) is 87.7 Å². The lowest BCUT2D eigenvalue weighted by Crippen LogP contribution is -2.46. The Labute approximate surface area is 167 Å². The van der Waals surface area contributed by atoms with Crippen molar-refractivity contribution in [2.75, 3.05) is 37.7 Å². The second-order valence-corrected chi connectivity index (χ2v) is 7.12. The van der Waals surface area contributed by atoms with Gasteiger partial charge in [-0.2, -0.15) is 0 Å². The molecule has 1 fully saturated rings. The lowest BCUT2D eigenvalue weighted by molar-refractivity contribution is 0.0856. The number of ether oxygens (including phenoxy) is 1. The third-order valence-electron chi connectivity index (χ3n) is 4.70. The molecule has 0 spiro atoms. The highest BCUT2D eigenvalue weighted by Gasteiger charge is 2.25. The van der Waals surface area contributed by atoms with E-state index in [1.54, 1.807) is 17.9 Å². The van der Waals surface area contributed by atoms with Crippen LogP contribution in [0.25, 0.3) is 0 Å². The van der Waals surface area contributed by atoms with Crippen molar-refractivity contribution in [3.63, 3.8) is 0 Å². The van der Waals surface area contributed by atoms with Gasteiger partial charge in [-0.1, -0.05) is 13.8 Å². The van der Waals surface area contributed by atoms with Gasteiger partial charge in [-0.3, -0.25) is 4.79 Å². The van der Waals surface area contributed by atoms with Crippen LogP contribution in [0.5, 0.6) is 0 Å². The number of amides is 2. The third kappa shape index (κ3) is 6.07. The van der Waals surface area contributed by atoms with E-state index < -0.39 is 0 Å². The molecule has 1 aromatic heterocycles. The van der Waals surface area contributed by atoms with Gasteiger partial charge in [-0.25, -0.2) is 14.8 Å². The van der Waals surface area contributed by atoms with Crippen molar-refractivity contribution >= 4 is 17.9 Å². The van der Waals surface area contributed by atoms with E-state index in [0.29, 0.717) is 44.2 Å². The van der Waals surface area contributed by atoms with Crippen LogP contribution >= 0.6 is 0 Å². The summed E-state index contributed by atoms with van der Waals surface area (Å²) in [5, 5.41) is 3.06. The number of rotatable bonds is 8. The molecule has 1 N–H and O–H groups in total. The van der Waals surface area contributed by atoms with Crippen LogP contribution in [-0.2, 0) is 4.74 Å². The first-order valence-electron chi connectivity index (χ1n) is 10.3. The molecule has 1 aliphatic rings. The van der Waals surface area contributed by atoms with E-state index >= 15 is 0 Å². The second-order valence-electron chi connectivity index (χ2n) is 7.12. The summed E-state index contributed by atoms with van der Waals surface area (Å²) in [6.07, 6.45) is 3.13. The number of aromatic nitrogens is 2. The third-order valence-corrected chi connectivity index (χ3v) is 4.70. The minimum absolute atomic E-state index is 0.0271. The minimum atomic E-state index is -0.282. The van der Waals surface area contributed by atoms with Gasteiger partial charge in [-0.15, -0.1) is 0 Å². The smallest absolute Gasteiger partial charge is 0.409 e. The van der Waals surface area contributed by atoms with E-state index in [0.717, 1.165) is 31.6 Å². The van der Waals surface area contributed by atoms with E-state index in [-0.39, 0.29) is 18.0 Å². The molecule has 8 heteroatoms. The van der Waals surface area contributed by atoms with Crippen LogP contribution < -0.4 is 10.2 Å². The largest absolute Gasteiger partial charge is 0.450 e. The Morgan fingerprint density at radius 2 is 1.82 bits per heavy atom. The molecule has 2 amide bonds. The molecule has 0 unspecified atom stereocenters. The zero-order chi connectivity index (χ0) is 20.5. The number of carbonyl (C=O) groups is 2. The molecule has 0 radical (unpaired) electrons. The monoisotopic (exact) mass is 391 g/mol. The molecule has 156 valence electrons. The Hall–Kier alpha value is -2.38. The summed E-state index contributed by atoms with van der Waals surface area (Å²) < 4.78 is 5.03. The van der Waals surface area contributed by atoms with Crippen LogP contribution in [0.4, 0.5) is 10.7 Å². The molecule has 2 rings (SSSR count). The van der Waals surface area contributed by atoms with Crippen LogP contribution in [0.15, 0.2) is 6.07 Å². The van der Waals surface area contributed by atoms with Crippen LogP contribution in [0.1, 0.15) is 62.6 Å². The highest BCUT2D eigenvalue weighted by Crippen LogP contribution is 2.15. The van der Waals surface area contributed by atoms with Crippen LogP contribution in [-0.4, -0.2) is 65.7 Å². The maximum absolute atomic E-state index is 12.7. The second kappa shape index (κ2) is 10.8. The normalized spacial score (nSPS) is 14.6. The summed E-state index contributed by atoms with van der Waals surface area (Å²) in [5.74, 6) is 0.431. The molecule has 28 heavy (non-hydrogen) atoms. The molecular formula is C20H33N5O3. The summed E-state index contributed by atoms with van der Waals surface area (Å²) in [6, 6.07) is 1.75. The van der Waals surface area contributed by atoms with Crippen LogP contribution in [0, 0.1) is 6.92 Å². The van der Waals surface area contributed by atoms with Crippen molar-refractivity contribution in [2.45, 2.75) is 59.4 Å². The van der Waals surface area contributed by atoms with Crippen molar-refractivity contribution in [3.05, 3.63) is 17.5 Å².